The molecule has 3 amide bonds. The van der Waals surface area contributed by atoms with Gasteiger partial charge in [-0.3, -0.25) is 9.59 Å². The van der Waals surface area contributed by atoms with E-state index in [2.05, 4.69) is 5.32 Å². The van der Waals surface area contributed by atoms with Crippen molar-refractivity contribution in [2.75, 3.05) is 44.7 Å². The maximum atomic E-state index is 13.1. The molecule has 3 rings (SSSR count). The molecular formula is C25H29N3O6S. The lowest BCUT2D eigenvalue weighted by Crippen LogP contribution is -2.51. The number of nitrogens with zero attached hydrogens (tertiary/aromatic N) is 2. The van der Waals surface area contributed by atoms with Gasteiger partial charge in [0.05, 0.1) is 6.61 Å². The summed E-state index contributed by atoms with van der Waals surface area (Å²) in [5, 5.41) is 4.88. The molecule has 35 heavy (non-hydrogen) atoms. The molecule has 0 saturated carbocycles. The SMILES string of the molecule is CCOC(=O)N1CCN(C(=O)COC(=O)c2c(-c3ccccc3)csc2NC(=O)C=C(C)C)CC1. The van der Waals surface area contributed by atoms with Crippen molar-refractivity contribution >= 4 is 40.2 Å². The number of rotatable bonds is 7. The normalized spacial score (nSPS) is 13.1. The Morgan fingerprint density at radius 3 is 2.29 bits per heavy atom. The highest BCUT2D eigenvalue weighted by Crippen LogP contribution is 2.36. The van der Waals surface area contributed by atoms with Crippen LogP contribution >= 0.6 is 11.3 Å². The van der Waals surface area contributed by atoms with Gasteiger partial charge in [0.25, 0.3) is 5.91 Å². The lowest BCUT2D eigenvalue weighted by molar-refractivity contribution is -0.136. The maximum absolute atomic E-state index is 13.1. The van der Waals surface area contributed by atoms with Crippen molar-refractivity contribution in [3.05, 3.63) is 52.9 Å². The number of hydrogen-bond donors (Lipinski definition) is 1. The summed E-state index contributed by atoms with van der Waals surface area (Å²) in [6.45, 7) is 6.54. The van der Waals surface area contributed by atoms with E-state index in [1.165, 1.54) is 22.3 Å². The summed E-state index contributed by atoms with van der Waals surface area (Å²) < 4.78 is 10.4. The molecule has 1 aromatic carbocycles. The van der Waals surface area contributed by atoms with Crippen LogP contribution < -0.4 is 5.32 Å². The molecule has 1 fully saturated rings. The number of carbonyl (C=O) groups excluding carboxylic acids is 4. The van der Waals surface area contributed by atoms with Gasteiger partial charge in [-0.2, -0.15) is 0 Å². The average molecular weight is 500 g/mol. The number of esters is 1. The highest BCUT2D eigenvalue weighted by atomic mass is 32.1. The first-order valence-corrected chi connectivity index (χ1v) is 12.2. The number of anilines is 1. The largest absolute Gasteiger partial charge is 0.452 e. The Morgan fingerprint density at radius 2 is 1.66 bits per heavy atom. The number of amides is 3. The van der Waals surface area contributed by atoms with Crippen LogP contribution in [0.3, 0.4) is 0 Å². The third kappa shape index (κ3) is 6.92. The predicted octanol–water partition coefficient (Wildman–Crippen LogP) is 3.78. The second-order valence-electron chi connectivity index (χ2n) is 8.07. The molecule has 0 spiro atoms. The summed E-state index contributed by atoms with van der Waals surface area (Å²) in [5.41, 5.74) is 2.43. The summed E-state index contributed by atoms with van der Waals surface area (Å²) in [7, 11) is 0. The van der Waals surface area contributed by atoms with Gasteiger partial charge in [0.1, 0.15) is 10.6 Å². The molecule has 1 aromatic heterocycles. The lowest BCUT2D eigenvalue weighted by atomic mass is 10.0. The van der Waals surface area contributed by atoms with Crippen molar-refractivity contribution in [2.24, 2.45) is 0 Å². The number of piperazine rings is 1. The Bertz CT molecular complexity index is 1100. The van der Waals surface area contributed by atoms with Crippen LogP contribution in [0.5, 0.6) is 0 Å². The summed E-state index contributed by atoms with van der Waals surface area (Å²) in [4.78, 5) is 53.0. The van der Waals surface area contributed by atoms with E-state index >= 15 is 0 Å². The number of hydrogen-bond acceptors (Lipinski definition) is 7. The highest BCUT2D eigenvalue weighted by Gasteiger charge is 2.27. The van der Waals surface area contributed by atoms with E-state index in [4.69, 9.17) is 9.47 Å². The molecule has 186 valence electrons. The summed E-state index contributed by atoms with van der Waals surface area (Å²) in [6, 6.07) is 9.28. The average Bonchev–Trinajstić information content (AvgIpc) is 3.26. The van der Waals surface area contributed by atoms with Crippen LogP contribution in [0.25, 0.3) is 11.1 Å². The molecule has 0 unspecified atom stereocenters. The van der Waals surface area contributed by atoms with Gasteiger partial charge in [0.15, 0.2) is 6.61 Å². The Morgan fingerprint density at radius 1 is 1.00 bits per heavy atom. The van der Waals surface area contributed by atoms with Gasteiger partial charge in [0, 0.05) is 43.2 Å². The molecule has 9 nitrogen and oxygen atoms in total. The molecule has 1 aliphatic rings. The topological polar surface area (TPSA) is 105 Å². The fraction of sp³-hybridized carbons (Fsp3) is 0.360. The van der Waals surface area contributed by atoms with E-state index in [1.54, 1.807) is 31.1 Å². The van der Waals surface area contributed by atoms with Gasteiger partial charge in [-0.1, -0.05) is 35.9 Å². The van der Waals surface area contributed by atoms with Gasteiger partial charge >= 0.3 is 12.1 Å². The summed E-state index contributed by atoms with van der Waals surface area (Å²) in [6.07, 6.45) is 1.04. The Hall–Kier alpha value is -3.66. The fourth-order valence-electron chi connectivity index (χ4n) is 3.54. The number of thiophene rings is 1. The van der Waals surface area contributed by atoms with Crippen molar-refractivity contribution in [1.29, 1.82) is 0 Å². The van der Waals surface area contributed by atoms with E-state index in [0.717, 1.165) is 11.1 Å². The molecule has 2 heterocycles. The number of ether oxygens (including phenoxy) is 2. The molecule has 10 heteroatoms. The van der Waals surface area contributed by atoms with E-state index in [-0.39, 0.29) is 24.0 Å². The maximum Gasteiger partial charge on any atom is 0.409 e. The minimum absolute atomic E-state index is 0.205. The first kappa shape index (κ1) is 26.0. The third-order valence-electron chi connectivity index (χ3n) is 5.22. The van der Waals surface area contributed by atoms with E-state index in [1.807, 2.05) is 30.3 Å². The zero-order valence-electron chi connectivity index (χ0n) is 20.0. The highest BCUT2D eigenvalue weighted by molar-refractivity contribution is 7.15. The van der Waals surface area contributed by atoms with Gasteiger partial charge < -0.3 is 24.6 Å². The van der Waals surface area contributed by atoms with E-state index < -0.39 is 18.7 Å². The lowest BCUT2D eigenvalue weighted by Gasteiger charge is -2.33. The first-order chi connectivity index (χ1) is 16.8. The molecule has 0 atom stereocenters. The molecule has 0 bridgehead atoms. The zero-order valence-corrected chi connectivity index (χ0v) is 20.9. The third-order valence-corrected chi connectivity index (χ3v) is 6.12. The van der Waals surface area contributed by atoms with Crippen LogP contribution in [0, 0.1) is 0 Å². The first-order valence-electron chi connectivity index (χ1n) is 11.3. The Balaban J connectivity index is 1.69. The van der Waals surface area contributed by atoms with Gasteiger partial charge in [0.2, 0.25) is 5.91 Å². The van der Waals surface area contributed by atoms with Crippen LogP contribution in [0.1, 0.15) is 31.1 Å². The Kier molecular flexibility index (Phi) is 9.02. The van der Waals surface area contributed by atoms with Crippen LogP contribution in [-0.2, 0) is 19.1 Å². The molecule has 1 N–H and O–H groups in total. The monoisotopic (exact) mass is 499 g/mol. The minimum atomic E-state index is -0.698. The van der Waals surface area contributed by atoms with Crippen molar-refractivity contribution in [2.45, 2.75) is 20.8 Å². The van der Waals surface area contributed by atoms with Crippen LogP contribution in [0.4, 0.5) is 9.80 Å². The van der Waals surface area contributed by atoms with Crippen molar-refractivity contribution < 1.29 is 28.7 Å². The second kappa shape index (κ2) is 12.2. The van der Waals surface area contributed by atoms with Gasteiger partial charge in [-0.15, -0.1) is 11.3 Å². The smallest absolute Gasteiger partial charge is 0.409 e. The summed E-state index contributed by atoms with van der Waals surface area (Å²) >= 11 is 1.22. The van der Waals surface area contributed by atoms with Crippen molar-refractivity contribution in [3.8, 4) is 11.1 Å². The number of benzene rings is 1. The number of nitrogens with one attached hydrogen (secondary N) is 1. The van der Waals surface area contributed by atoms with Crippen LogP contribution in [0.15, 0.2) is 47.4 Å². The minimum Gasteiger partial charge on any atom is -0.452 e. The number of allylic oxidation sites excluding steroid dienone is 1. The van der Waals surface area contributed by atoms with Gasteiger partial charge in [-0.05, 0) is 26.3 Å². The quantitative estimate of drug-likeness (QED) is 0.459. The van der Waals surface area contributed by atoms with E-state index in [0.29, 0.717) is 36.7 Å². The number of carbonyl (C=O) groups is 4. The van der Waals surface area contributed by atoms with Crippen LogP contribution in [-0.4, -0.2) is 73.1 Å². The van der Waals surface area contributed by atoms with Crippen LogP contribution in [0.2, 0.25) is 0 Å². The molecule has 1 saturated heterocycles. The van der Waals surface area contributed by atoms with Crippen molar-refractivity contribution in [3.63, 3.8) is 0 Å². The standard InChI is InChI=1S/C25H29N3O6S/c1-4-33-25(32)28-12-10-27(11-13-28)21(30)15-34-24(31)22-19(18-8-6-5-7-9-18)16-35-23(22)26-20(29)14-17(2)3/h5-9,14,16H,4,10-13,15H2,1-3H3,(H,26,29). The molecule has 2 aromatic rings. The fourth-order valence-corrected chi connectivity index (χ4v) is 4.50. The Labute approximate surface area is 208 Å². The molecule has 1 aliphatic heterocycles. The second-order valence-corrected chi connectivity index (χ2v) is 8.95. The zero-order chi connectivity index (χ0) is 25.4. The van der Waals surface area contributed by atoms with Gasteiger partial charge in [-0.25, -0.2) is 9.59 Å². The predicted molar refractivity (Wildman–Crippen MR) is 133 cm³/mol. The van der Waals surface area contributed by atoms with E-state index in [9.17, 15) is 19.2 Å². The van der Waals surface area contributed by atoms with Crippen molar-refractivity contribution in [1.82, 2.24) is 9.80 Å². The summed E-state index contributed by atoms with van der Waals surface area (Å²) in [5.74, 6) is -1.40. The molecule has 0 radical (unpaired) electrons. The molecular weight excluding hydrogens is 470 g/mol. The molecule has 0 aliphatic carbocycles.